The van der Waals surface area contributed by atoms with Crippen LogP contribution in [0.3, 0.4) is 0 Å². The first-order valence-corrected chi connectivity index (χ1v) is 7.21. The van der Waals surface area contributed by atoms with Crippen molar-refractivity contribution in [3.63, 3.8) is 0 Å². The number of aromatic nitrogens is 2. The summed E-state index contributed by atoms with van der Waals surface area (Å²) < 4.78 is 0. The molecule has 0 atom stereocenters. The Morgan fingerprint density at radius 2 is 1.85 bits per heavy atom. The van der Waals surface area contributed by atoms with E-state index in [1.54, 1.807) is 0 Å². The van der Waals surface area contributed by atoms with Crippen molar-refractivity contribution in [1.82, 2.24) is 9.97 Å². The van der Waals surface area contributed by atoms with Crippen molar-refractivity contribution >= 4 is 5.82 Å². The van der Waals surface area contributed by atoms with Crippen molar-refractivity contribution in [2.24, 2.45) is 0 Å². The van der Waals surface area contributed by atoms with Gasteiger partial charge in [-0.25, -0.2) is 9.97 Å². The maximum Gasteiger partial charge on any atom is 0.162 e. The van der Waals surface area contributed by atoms with Crippen LogP contribution in [-0.4, -0.2) is 16.5 Å². The van der Waals surface area contributed by atoms with Crippen molar-refractivity contribution in [2.45, 2.75) is 40.5 Å². The molecule has 2 aromatic rings. The number of rotatable bonds is 4. The van der Waals surface area contributed by atoms with Crippen LogP contribution in [0.25, 0.3) is 11.4 Å². The Labute approximate surface area is 121 Å². The van der Waals surface area contributed by atoms with Gasteiger partial charge in [0.2, 0.25) is 0 Å². The topological polar surface area (TPSA) is 37.8 Å². The molecule has 0 aliphatic carbocycles. The Balaban J connectivity index is 2.54. The molecule has 0 saturated heterocycles. The second kappa shape index (κ2) is 6.04. The quantitative estimate of drug-likeness (QED) is 0.898. The minimum atomic E-state index is 0.389. The second-order valence-corrected chi connectivity index (χ2v) is 5.51. The van der Waals surface area contributed by atoms with E-state index in [0.29, 0.717) is 5.92 Å². The van der Waals surface area contributed by atoms with Crippen molar-refractivity contribution in [1.29, 1.82) is 0 Å². The molecule has 1 N–H and O–H groups in total. The second-order valence-electron chi connectivity index (χ2n) is 5.51. The van der Waals surface area contributed by atoms with Gasteiger partial charge in [0.1, 0.15) is 5.82 Å². The van der Waals surface area contributed by atoms with E-state index < -0.39 is 0 Å². The number of anilines is 1. The van der Waals surface area contributed by atoms with Crippen LogP contribution >= 0.6 is 0 Å². The molecule has 0 radical (unpaired) electrons. The van der Waals surface area contributed by atoms with Crippen LogP contribution in [0.5, 0.6) is 0 Å². The Bertz CT molecular complexity index is 603. The number of nitrogens with zero attached hydrogens (tertiary/aromatic N) is 2. The summed E-state index contributed by atoms with van der Waals surface area (Å²) in [6, 6.07) is 8.44. The van der Waals surface area contributed by atoms with Gasteiger partial charge in [-0.3, -0.25) is 0 Å². The van der Waals surface area contributed by atoms with Crippen LogP contribution in [0.15, 0.2) is 24.3 Å². The summed E-state index contributed by atoms with van der Waals surface area (Å²) in [5.74, 6) is 2.10. The third-order valence-corrected chi connectivity index (χ3v) is 3.32. The van der Waals surface area contributed by atoms with E-state index in [2.05, 4.69) is 63.1 Å². The monoisotopic (exact) mass is 269 g/mol. The SMILES string of the molecule is CCNc1cc(C(C)C)nc(-c2ccc(C)cc2C)n1. The molecule has 1 aromatic heterocycles. The van der Waals surface area contributed by atoms with Crippen molar-refractivity contribution in [3.8, 4) is 11.4 Å². The predicted molar refractivity (Wildman–Crippen MR) is 85.2 cm³/mol. The Morgan fingerprint density at radius 3 is 2.45 bits per heavy atom. The Morgan fingerprint density at radius 1 is 1.10 bits per heavy atom. The van der Waals surface area contributed by atoms with Crippen LogP contribution in [0.2, 0.25) is 0 Å². The third-order valence-electron chi connectivity index (χ3n) is 3.32. The van der Waals surface area contributed by atoms with E-state index in [4.69, 9.17) is 4.98 Å². The summed E-state index contributed by atoms with van der Waals surface area (Å²) in [4.78, 5) is 9.37. The standard InChI is InChI=1S/C17H23N3/c1-6-18-16-10-15(11(2)3)19-17(20-16)14-8-7-12(4)9-13(14)5/h7-11H,6H2,1-5H3,(H,18,19,20). The van der Waals surface area contributed by atoms with Crippen LogP contribution in [-0.2, 0) is 0 Å². The Hall–Kier alpha value is -1.90. The van der Waals surface area contributed by atoms with E-state index in [0.717, 1.165) is 29.4 Å². The average molecular weight is 269 g/mol. The largest absolute Gasteiger partial charge is 0.370 e. The first-order valence-electron chi connectivity index (χ1n) is 7.21. The molecule has 0 aliphatic rings. The van der Waals surface area contributed by atoms with Gasteiger partial charge < -0.3 is 5.32 Å². The zero-order valence-corrected chi connectivity index (χ0v) is 13.0. The van der Waals surface area contributed by atoms with E-state index >= 15 is 0 Å². The lowest BCUT2D eigenvalue weighted by Gasteiger charge is -2.12. The molecule has 0 saturated carbocycles. The third kappa shape index (κ3) is 3.16. The molecule has 0 fully saturated rings. The number of benzene rings is 1. The minimum Gasteiger partial charge on any atom is -0.370 e. The van der Waals surface area contributed by atoms with E-state index in [1.165, 1.54) is 11.1 Å². The highest BCUT2D eigenvalue weighted by Crippen LogP contribution is 2.25. The maximum absolute atomic E-state index is 4.72. The molecule has 0 spiro atoms. The molecule has 20 heavy (non-hydrogen) atoms. The van der Waals surface area contributed by atoms with Gasteiger partial charge in [-0.05, 0) is 32.3 Å². The smallest absolute Gasteiger partial charge is 0.162 e. The first-order chi connectivity index (χ1) is 9.51. The summed E-state index contributed by atoms with van der Waals surface area (Å²) >= 11 is 0. The lowest BCUT2D eigenvalue weighted by Crippen LogP contribution is -2.05. The van der Waals surface area contributed by atoms with Crippen molar-refractivity contribution in [2.75, 3.05) is 11.9 Å². The lowest BCUT2D eigenvalue weighted by molar-refractivity contribution is 0.816. The van der Waals surface area contributed by atoms with Gasteiger partial charge in [-0.1, -0.05) is 37.6 Å². The minimum absolute atomic E-state index is 0.389. The van der Waals surface area contributed by atoms with Gasteiger partial charge >= 0.3 is 0 Å². The van der Waals surface area contributed by atoms with Gasteiger partial charge in [-0.15, -0.1) is 0 Å². The summed E-state index contributed by atoms with van der Waals surface area (Å²) in [5.41, 5.74) is 4.66. The molecular weight excluding hydrogens is 246 g/mol. The molecule has 1 aromatic carbocycles. The summed E-state index contributed by atoms with van der Waals surface area (Å²) in [6.07, 6.45) is 0. The van der Waals surface area contributed by atoms with Gasteiger partial charge in [-0.2, -0.15) is 0 Å². The van der Waals surface area contributed by atoms with Crippen LogP contribution in [0.4, 0.5) is 5.82 Å². The molecule has 1 heterocycles. The fraction of sp³-hybridized carbons (Fsp3) is 0.412. The molecule has 3 heteroatoms. The zero-order chi connectivity index (χ0) is 14.7. The number of nitrogens with one attached hydrogen (secondary N) is 1. The van der Waals surface area contributed by atoms with Gasteiger partial charge in [0.05, 0.1) is 0 Å². The summed E-state index contributed by atoms with van der Waals surface area (Å²) in [5, 5.41) is 3.29. The maximum atomic E-state index is 4.72. The zero-order valence-electron chi connectivity index (χ0n) is 13.0. The highest BCUT2D eigenvalue weighted by molar-refractivity contribution is 5.62. The summed E-state index contributed by atoms with van der Waals surface area (Å²) in [6.45, 7) is 11.5. The molecular formula is C17H23N3. The molecule has 106 valence electrons. The lowest BCUT2D eigenvalue weighted by atomic mass is 10.0. The molecule has 2 rings (SSSR count). The highest BCUT2D eigenvalue weighted by atomic mass is 15.0. The fourth-order valence-electron chi connectivity index (χ4n) is 2.22. The van der Waals surface area contributed by atoms with E-state index in [9.17, 15) is 0 Å². The van der Waals surface area contributed by atoms with Gasteiger partial charge in [0, 0.05) is 23.9 Å². The molecule has 0 bridgehead atoms. The average Bonchev–Trinajstić information content (AvgIpc) is 2.38. The fourth-order valence-corrected chi connectivity index (χ4v) is 2.22. The predicted octanol–water partition coefficient (Wildman–Crippen LogP) is 4.32. The van der Waals surface area contributed by atoms with Crippen molar-refractivity contribution < 1.29 is 0 Å². The molecule has 0 unspecified atom stereocenters. The summed E-state index contributed by atoms with van der Waals surface area (Å²) in [7, 11) is 0. The molecule has 0 aliphatic heterocycles. The van der Waals surface area contributed by atoms with E-state index in [1.807, 2.05) is 6.07 Å². The number of hydrogen-bond acceptors (Lipinski definition) is 3. The number of aryl methyl sites for hydroxylation is 2. The van der Waals surface area contributed by atoms with Gasteiger partial charge in [0.15, 0.2) is 5.82 Å². The first kappa shape index (κ1) is 14.5. The number of hydrogen-bond donors (Lipinski definition) is 1. The van der Waals surface area contributed by atoms with E-state index in [-0.39, 0.29) is 0 Å². The highest BCUT2D eigenvalue weighted by Gasteiger charge is 2.11. The van der Waals surface area contributed by atoms with Crippen molar-refractivity contribution in [3.05, 3.63) is 41.1 Å². The molecule has 3 nitrogen and oxygen atoms in total. The van der Waals surface area contributed by atoms with Crippen LogP contribution in [0.1, 0.15) is 43.5 Å². The van der Waals surface area contributed by atoms with Crippen LogP contribution < -0.4 is 5.32 Å². The van der Waals surface area contributed by atoms with Gasteiger partial charge in [0.25, 0.3) is 0 Å². The Kier molecular flexibility index (Phi) is 4.38. The molecule has 0 amide bonds. The normalized spacial score (nSPS) is 10.9. The van der Waals surface area contributed by atoms with Crippen LogP contribution in [0, 0.1) is 13.8 Å².